The highest BCUT2D eigenvalue weighted by molar-refractivity contribution is 7.89. The van der Waals surface area contributed by atoms with E-state index in [-0.39, 0.29) is 41.5 Å². The maximum atomic E-state index is 12.8. The van der Waals surface area contributed by atoms with Gasteiger partial charge in [0.05, 0.1) is 0 Å². The van der Waals surface area contributed by atoms with E-state index in [0.717, 1.165) is 0 Å². The molecule has 3 rings (SSSR count). The largest absolute Gasteiger partial charge is 0.360 e. The quantitative estimate of drug-likeness (QED) is 0.862. The molecule has 0 unspecified atom stereocenters. The molecule has 0 saturated carbocycles. The van der Waals surface area contributed by atoms with Crippen molar-refractivity contribution in [2.45, 2.75) is 31.6 Å². The number of rotatable bonds is 4. The molecule has 1 N–H and O–H groups in total. The van der Waals surface area contributed by atoms with Gasteiger partial charge in [-0.3, -0.25) is 10.1 Å². The molecule has 134 valence electrons. The van der Waals surface area contributed by atoms with Crippen LogP contribution in [0.5, 0.6) is 0 Å². The number of nitrogens with zero attached hydrogens (tertiary/aromatic N) is 4. The number of amides is 1. The van der Waals surface area contributed by atoms with Gasteiger partial charge >= 0.3 is 0 Å². The van der Waals surface area contributed by atoms with Crippen molar-refractivity contribution >= 4 is 21.9 Å². The number of hydrogen-bond donors (Lipinski definition) is 1. The van der Waals surface area contributed by atoms with Gasteiger partial charge in [-0.05, 0) is 32.8 Å². The molecule has 3 heterocycles. The van der Waals surface area contributed by atoms with Gasteiger partial charge in [0, 0.05) is 31.4 Å². The first-order chi connectivity index (χ1) is 11.9. The molecule has 2 aromatic heterocycles. The van der Waals surface area contributed by atoms with E-state index < -0.39 is 10.0 Å². The Morgan fingerprint density at radius 2 is 1.88 bits per heavy atom. The summed E-state index contributed by atoms with van der Waals surface area (Å²) in [6.45, 7) is 3.70. The van der Waals surface area contributed by atoms with E-state index in [0.29, 0.717) is 18.5 Å². The molecule has 2 aromatic rings. The number of sulfonamides is 1. The van der Waals surface area contributed by atoms with Crippen molar-refractivity contribution in [3.05, 3.63) is 29.9 Å². The Bertz CT molecular complexity index is 838. The summed E-state index contributed by atoms with van der Waals surface area (Å²) in [5.74, 6) is 0.0531. The third-order valence-corrected chi connectivity index (χ3v) is 6.33. The number of aromatic nitrogens is 3. The lowest BCUT2D eigenvalue weighted by molar-refractivity contribution is -0.121. The number of hydrogen-bond acceptors (Lipinski definition) is 7. The minimum Gasteiger partial charge on any atom is -0.360 e. The molecule has 1 aliphatic rings. The van der Waals surface area contributed by atoms with Crippen molar-refractivity contribution in [3.63, 3.8) is 0 Å². The van der Waals surface area contributed by atoms with Crippen LogP contribution in [0.25, 0.3) is 0 Å². The smallest absolute Gasteiger partial charge is 0.248 e. The predicted octanol–water partition coefficient (Wildman–Crippen LogP) is 1.12. The van der Waals surface area contributed by atoms with E-state index in [1.807, 2.05) is 0 Å². The van der Waals surface area contributed by atoms with Crippen LogP contribution in [0.4, 0.5) is 5.95 Å². The Kier molecular flexibility index (Phi) is 4.82. The van der Waals surface area contributed by atoms with Gasteiger partial charge in [-0.1, -0.05) is 5.16 Å². The Morgan fingerprint density at radius 1 is 1.24 bits per heavy atom. The van der Waals surface area contributed by atoms with Gasteiger partial charge < -0.3 is 4.52 Å². The van der Waals surface area contributed by atoms with Crippen molar-refractivity contribution in [3.8, 4) is 0 Å². The molecule has 0 bridgehead atoms. The molecule has 0 radical (unpaired) electrons. The zero-order valence-corrected chi connectivity index (χ0v) is 14.8. The Hall–Kier alpha value is -2.33. The highest BCUT2D eigenvalue weighted by Crippen LogP contribution is 2.27. The summed E-state index contributed by atoms with van der Waals surface area (Å²) in [7, 11) is -3.67. The molecule has 0 spiro atoms. The molecule has 9 nitrogen and oxygen atoms in total. The third kappa shape index (κ3) is 3.54. The van der Waals surface area contributed by atoms with Crippen LogP contribution in [0.2, 0.25) is 0 Å². The molecule has 25 heavy (non-hydrogen) atoms. The van der Waals surface area contributed by atoms with Crippen LogP contribution in [0.15, 0.2) is 27.9 Å². The molecule has 1 aliphatic heterocycles. The lowest BCUT2D eigenvalue weighted by atomic mass is 9.97. The monoisotopic (exact) mass is 365 g/mol. The lowest BCUT2D eigenvalue weighted by Gasteiger charge is -2.30. The van der Waals surface area contributed by atoms with Crippen LogP contribution in [0, 0.1) is 19.8 Å². The SMILES string of the molecule is Cc1noc(C)c1S(=O)(=O)N1CCC(C(=O)Nc2ncccn2)CC1. The molecule has 1 saturated heterocycles. The second kappa shape index (κ2) is 6.89. The van der Waals surface area contributed by atoms with Crippen molar-refractivity contribution in [1.82, 2.24) is 19.4 Å². The summed E-state index contributed by atoms with van der Waals surface area (Å²) < 4.78 is 31.9. The maximum Gasteiger partial charge on any atom is 0.248 e. The number of aryl methyl sites for hydroxylation is 2. The summed E-state index contributed by atoms with van der Waals surface area (Å²) in [6.07, 6.45) is 3.95. The average molecular weight is 365 g/mol. The Labute approximate surface area is 145 Å². The highest BCUT2D eigenvalue weighted by Gasteiger charge is 2.35. The van der Waals surface area contributed by atoms with E-state index in [1.165, 1.54) is 4.31 Å². The number of nitrogens with one attached hydrogen (secondary N) is 1. The summed E-state index contributed by atoms with van der Waals surface area (Å²) in [6, 6.07) is 1.66. The normalized spacial score (nSPS) is 16.7. The predicted molar refractivity (Wildman–Crippen MR) is 88.1 cm³/mol. The van der Waals surface area contributed by atoms with E-state index in [9.17, 15) is 13.2 Å². The second-order valence-electron chi connectivity index (χ2n) is 5.89. The fraction of sp³-hybridized carbons (Fsp3) is 0.467. The van der Waals surface area contributed by atoms with Crippen LogP contribution >= 0.6 is 0 Å². The molecular formula is C15H19N5O4S. The second-order valence-corrected chi connectivity index (χ2v) is 7.77. The first-order valence-corrected chi connectivity index (χ1v) is 9.34. The van der Waals surface area contributed by atoms with Gasteiger partial charge in [0.2, 0.25) is 21.9 Å². The van der Waals surface area contributed by atoms with Crippen LogP contribution < -0.4 is 5.32 Å². The van der Waals surface area contributed by atoms with Gasteiger partial charge in [-0.25, -0.2) is 18.4 Å². The minimum absolute atomic E-state index is 0.119. The van der Waals surface area contributed by atoms with E-state index in [4.69, 9.17) is 4.52 Å². The molecule has 10 heteroatoms. The Balaban J connectivity index is 1.65. The van der Waals surface area contributed by atoms with Gasteiger partial charge in [-0.15, -0.1) is 0 Å². The number of carbonyl (C=O) groups is 1. The summed E-state index contributed by atoms with van der Waals surface area (Å²) in [5.41, 5.74) is 0.346. The van der Waals surface area contributed by atoms with Gasteiger partial charge in [-0.2, -0.15) is 4.31 Å². The molecular weight excluding hydrogens is 346 g/mol. The first kappa shape index (κ1) is 17.5. The zero-order valence-electron chi connectivity index (χ0n) is 14.0. The minimum atomic E-state index is -3.67. The summed E-state index contributed by atoms with van der Waals surface area (Å²) in [5, 5.41) is 6.37. The molecule has 0 aromatic carbocycles. The van der Waals surface area contributed by atoms with Crippen LogP contribution in [0.3, 0.4) is 0 Å². The topological polar surface area (TPSA) is 118 Å². The average Bonchev–Trinajstić information content (AvgIpc) is 2.95. The number of anilines is 1. The van der Waals surface area contributed by atoms with E-state index in [2.05, 4.69) is 20.4 Å². The van der Waals surface area contributed by atoms with Crippen molar-refractivity contribution in [2.75, 3.05) is 18.4 Å². The summed E-state index contributed by atoms with van der Waals surface area (Å²) >= 11 is 0. The Morgan fingerprint density at radius 3 is 2.44 bits per heavy atom. The standard InChI is InChI=1S/C15H19N5O4S/c1-10-13(11(2)24-19-10)25(22,23)20-8-4-12(5-9-20)14(21)18-15-16-6-3-7-17-15/h3,6-7,12H,4-5,8-9H2,1-2H3,(H,16,17,18,21). The summed E-state index contributed by atoms with van der Waals surface area (Å²) in [4.78, 5) is 20.3. The van der Waals surface area contributed by atoms with Crippen LogP contribution in [0.1, 0.15) is 24.3 Å². The molecule has 1 amide bonds. The fourth-order valence-electron chi connectivity index (χ4n) is 2.91. The fourth-order valence-corrected chi connectivity index (χ4v) is 4.67. The van der Waals surface area contributed by atoms with Crippen molar-refractivity contribution < 1.29 is 17.7 Å². The first-order valence-electron chi connectivity index (χ1n) is 7.90. The van der Waals surface area contributed by atoms with Gasteiger partial charge in [0.1, 0.15) is 10.6 Å². The third-order valence-electron chi connectivity index (χ3n) is 4.19. The molecule has 1 fully saturated rings. The van der Waals surface area contributed by atoms with Crippen molar-refractivity contribution in [1.29, 1.82) is 0 Å². The zero-order chi connectivity index (χ0) is 18.0. The van der Waals surface area contributed by atoms with E-state index >= 15 is 0 Å². The van der Waals surface area contributed by atoms with Crippen LogP contribution in [-0.2, 0) is 14.8 Å². The number of piperidine rings is 1. The van der Waals surface area contributed by atoms with Gasteiger partial charge in [0.25, 0.3) is 0 Å². The highest BCUT2D eigenvalue weighted by atomic mass is 32.2. The number of carbonyl (C=O) groups excluding carboxylic acids is 1. The molecule has 0 aliphatic carbocycles. The molecule has 0 atom stereocenters. The lowest BCUT2D eigenvalue weighted by Crippen LogP contribution is -2.41. The van der Waals surface area contributed by atoms with E-state index in [1.54, 1.807) is 32.3 Å². The van der Waals surface area contributed by atoms with Crippen molar-refractivity contribution in [2.24, 2.45) is 5.92 Å². The van der Waals surface area contributed by atoms with Crippen LogP contribution in [-0.4, -0.2) is 46.8 Å². The maximum absolute atomic E-state index is 12.8. The van der Waals surface area contributed by atoms with Gasteiger partial charge in [0.15, 0.2) is 5.76 Å².